The molecule has 28 heavy (non-hydrogen) atoms. The van der Waals surface area contributed by atoms with Crippen molar-refractivity contribution in [1.82, 2.24) is 9.55 Å². The highest BCUT2D eigenvalue weighted by molar-refractivity contribution is 7.10. The summed E-state index contributed by atoms with van der Waals surface area (Å²) >= 11 is 2.80. The van der Waals surface area contributed by atoms with Crippen molar-refractivity contribution >= 4 is 34.7 Å². The number of thiazole rings is 1. The lowest BCUT2D eigenvalue weighted by Crippen LogP contribution is -2.39. The molecule has 0 aromatic carbocycles. The normalized spacial score (nSPS) is 16.6. The van der Waals surface area contributed by atoms with E-state index in [1.807, 2.05) is 29.6 Å². The molecule has 1 aliphatic rings. The number of nitrogens with zero attached hydrogens (tertiary/aromatic N) is 3. The minimum atomic E-state index is -0.536. The molecule has 0 amide bonds. The SMILES string of the molecule is CCOC(=O)C1=C(C)N=c2s/c(=C/c3cccnc3)c(=O)n2C1c1cccs1. The third-order valence-corrected chi connectivity index (χ3v) is 6.22. The number of thiophene rings is 1. The summed E-state index contributed by atoms with van der Waals surface area (Å²) in [4.78, 5) is 36.0. The fraction of sp³-hybridized carbons (Fsp3) is 0.200. The first kappa shape index (κ1) is 18.5. The van der Waals surface area contributed by atoms with Crippen molar-refractivity contribution in [2.75, 3.05) is 6.61 Å². The Kier molecular flexibility index (Phi) is 5.06. The summed E-state index contributed by atoms with van der Waals surface area (Å²) < 4.78 is 7.40. The van der Waals surface area contributed by atoms with E-state index in [2.05, 4.69) is 9.98 Å². The van der Waals surface area contributed by atoms with Gasteiger partial charge in [0.05, 0.1) is 22.4 Å². The molecule has 0 aliphatic carbocycles. The number of allylic oxidation sites excluding steroid dienone is 1. The predicted octanol–water partition coefficient (Wildman–Crippen LogP) is 2.25. The van der Waals surface area contributed by atoms with Crippen molar-refractivity contribution in [1.29, 1.82) is 0 Å². The molecule has 0 radical (unpaired) electrons. The van der Waals surface area contributed by atoms with Gasteiger partial charge in [-0.15, -0.1) is 11.3 Å². The van der Waals surface area contributed by atoms with Crippen LogP contribution in [0.2, 0.25) is 0 Å². The molecule has 3 aromatic rings. The molecule has 142 valence electrons. The van der Waals surface area contributed by atoms with Crippen LogP contribution in [0.1, 0.15) is 30.3 Å². The lowest BCUT2D eigenvalue weighted by molar-refractivity contribution is -0.139. The number of hydrogen-bond donors (Lipinski definition) is 0. The number of pyridine rings is 1. The lowest BCUT2D eigenvalue weighted by atomic mass is 10.0. The van der Waals surface area contributed by atoms with Crippen LogP contribution in [-0.2, 0) is 9.53 Å². The largest absolute Gasteiger partial charge is 0.463 e. The van der Waals surface area contributed by atoms with Gasteiger partial charge in [-0.05, 0) is 43.0 Å². The van der Waals surface area contributed by atoms with E-state index in [0.717, 1.165) is 10.4 Å². The Balaban J connectivity index is 1.95. The van der Waals surface area contributed by atoms with Crippen LogP contribution in [0.15, 0.2) is 63.1 Å². The van der Waals surface area contributed by atoms with Crippen LogP contribution in [-0.4, -0.2) is 22.1 Å². The standard InChI is InChI=1S/C20H17N3O3S2/c1-3-26-19(25)16-12(2)22-20-23(17(16)14-7-5-9-27-14)18(24)15(28-20)10-13-6-4-8-21-11-13/h4-11,17H,3H2,1-2H3/b15-10+. The Hall–Kier alpha value is -2.84. The average Bonchev–Trinajstić information content (AvgIpc) is 3.31. The van der Waals surface area contributed by atoms with Crippen LogP contribution in [0.4, 0.5) is 0 Å². The summed E-state index contributed by atoms with van der Waals surface area (Å²) in [7, 11) is 0. The molecule has 0 saturated carbocycles. The van der Waals surface area contributed by atoms with Crippen LogP contribution in [0.3, 0.4) is 0 Å². The van der Waals surface area contributed by atoms with E-state index >= 15 is 0 Å². The van der Waals surface area contributed by atoms with Crippen LogP contribution in [0.5, 0.6) is 0 Å². The molecule has 0 saturated heterocycles. The van der Waals surface area contributed by atoms with E-state index in [4.69, 9.17) is 4.74 Å². The van der Waals surface area contributed by atoms with E-state index < -0.39 is 12.0 Å². The highest BCUT2D eigenvalue weighted by Gasteiger charge is 2.33. The van der Waals surface area contributed by atoms with Gasteiger partial charge in [0.2, 0.25) is 0 Å². The molecular weight excluding hydrogens is 394 g/mol. The molecule has 8 heteroatoms. The maximum Gasteiger partial charge on any atom is 0.338 e. The molecule has 0 fully saturated rings. The number of carbonyl (C=O) groups excluding carboxylic acids is 1. The fourth-order valence-corrected chi connectivity index (χ4v) is 4.99. The summed E-state index contributed by atoms with van der Waals surface area (Å²) in [5, 5.41) is 1.93. The van der Waals surface area contributed by atoms with Crippen molar-refractivity contribution in [3.8, 4) is 0 Å². The smallest absolute Gasteiger partial charge is 0.338 e. The zero-order chi connectivity index (χ0) is 19.7. The number of ether oxygens (including phenoxy) is 1. The summed E-state index contributed by atoms with van der Waals surface area (Å²) in [6.45, 7) is 3.81. The summed E-state index contributed by atoms with van der Waals surface area (Å²) in [6.07, 6.45) is 5.18. The van der Waals surface area contributed by atoms with E-state index in [1.54, 1.807) is 36.9 Å². The van der Waals surface area contributed by atoms with E-state index in [9.17, 15) is 9.59 Å². The third-order valence-electron chi connectivity index (χ3n) is 4.31. The number of rotatable bonds is 4. The maximum absolute atomic E-state index is 13.2. The first-order chi connectivity index (χ1) is 13.6. The van der Waals surface area contributed by atoms with Crippen LogP contribution in [0, 0.1) is 0 Å². The average molecular weight is 412 g/mol. The fourth-order valence-electron chi connectivity index (χ4n) is 3.12. The van der Waals surface area contributed by atoms with Gasteiger partial charge in [-0.1, -0.05) is 23.5 Å². The predicted molar refractivity (Wildman–Crippen MR) is 109 cm³/mol. The summed E-state index contributed by atoms with van der Waals surface area (Å²) in [5.74, 6) is -0.441. The quantitative estimate of drug-likeness (QED) is 0.618. The van der Waals surface area contributed by atoms with Gasteiger partial charge in [-0.25, -0.2) is 9.79 Å². The minimum absolute atomic E-state index is 0.180. The number of hydrogen-bond acceptors (Lipinski definition) is 7. The molecule has 1 unspecified atom stereocenters. The van der Waals surface area contributed by atoms with E-state index in [0.29, 0.717) is 20.6 Å². The molecule has 1 atom stereocenters. The molecule has 4 rings (SSSR count). The first-order valence-electron chi connectivity index (χ1n) is 8.73. The minimum Gasteiger partial charge on any atom is -0.463 e. The van der Waals surface area contributed by atoms with Gasteiger partial charge in [0, 0.05) is 17.3 Å². The van der Waals surface area contributed by atoms with Crippen molar-refractivity contribution in [3.05, 3.63) is 83.4 Å². The topological polar surface area (TPSA) is 73.6 Å². The summed E-state index contributed by atoms with van der Waals surface area (Å²) in [6, 6.07) is 7.00. The van der Waals surface area contributed by atoms with Crippen molar-refractivity contribution in [3.63, 3.8) is 0 Å². The number of fused-ring (bicyclic) bond motifs is 1. The van der Waals surface area contributed by atoms with Gasteiger partial charge in [0.25, 0.3) is 5.56 Å². The molecule has 0 bridgehead atoms. The molecular formula is C20H17N3O3S2. The Morgan fingerprint density at radius 3 is 2.89 bits per heavy atom. The van der Waals surface area contributed by atoms with Gasteiger partial charge in [0.15, 0.2) is 4.80 Å². The molecule has 4 heterocycles. The lowest BCUT2D eigenvalue weighted by Gasteiger charge is -2.23. The molecule has 0 spiro atoms. The molecule has 1 aliphatic heterocycles. The van der Waals surface area contributed by atoms with Crippen LogP contribution >= 0.6 is 22.7 Å². The van der Waals surface area contributed by atoms with Crippen molar-refractivity contribution in [2.45, 2.75) is 19.9 Å². The monoisotopic (exact) mass is 411 g/mol. The Bertz CT molecular complexity index is 1220. The maximum atomic E-state index is 13.2. The van der Waals surface area contributed by atoms with Gasteiger partial charge < -0.3 is 4.74 Å². The van der Waals surface area contributed by atoms with Gasteiger partial charge in [0.1, 0.15) is 6.04 Å². The van der Waals surface area contributed by atoms with E-state index in [1.165, 1.54) is 22.7 Å². The third kappa shape index (κ3) is 3.25. The molecule has 0 N–H and O–H groups in total. The Morgan fingerprint density at radius 1 is 1.36 bits per heavy atom. The first-order valence-corrected chi connectivity index (χ1v) is 10.4. The molecule has 6 nitrogen and oxygen atoms in total. The number of carbonyl (C=O) groups is 1. The van der Waals surface area contributed by atoms with Crippen LogP contribution < -0.4 is 14.9 Å². The summed E-state index contributed by atoms with van der Waals surface area (Å²) in [5.41, 5.74) is 1.64. The zero-order valence-corrected chi connectivity index (χ0v) is 16.9. The Morgan fingerprint density at radius 2 is 2.21 bits per heavy atom. The second kappa shape index (κ2) is 7.65. The molecule has 3 aromatic heterocycles. The van der Waals surface area contributed by atoms with Crippen LogP contribution in [0.25, 0.3) is 6.08 Å². The second-order valence-corrected chi connectivity index (χ2v) is 8.09. The highest BCUT2D eigenvalue weighted by atomic mass is 32.1. The number of aromatic nitrogens is 2. The Labute approximate surface area is 168 Å². The van der Waals surface area contributed by atoms with Gasteiger partial charge >= 0.3 is 5.97 Å². The second-order valence-electron chi connectivity index (χ2n) is 6.10. The highest BCUT2D eigenvalue weighted by Crippen LogP contribution is 2.33. The zero-order valence-electron chi connectivity index (χ0n) is 15.3. The van der Waals surface area contributed by atoms with E-state index in [-0.39, 0.29) is 12.2 Å². The van der Waals surface area contributed by atoms with Gasteiger partial charge in [-0.2, -0.15) is 0 Å². The van der Waals surface area contributed by atoms with Crippen molar-refractivity contribution < 1.29 is 9.53 Å². The van der Waals surface area contributed by atoms with Crippen molar-refractivity contribution in [2.24, 2.45) is 4.99 Å². The van der Waals surface area contributed by atoms with Gasteiger partial charge in [-0.3, -0.25) is 14.3 Å². The number of esters is 1.